The van der Waals surface area contributed by atoms with Crippen molar-refractivity contribution in [1.29, 1.82) is 0 Å². The van der Waals surface area contributed by atoms with Crippen LogP contribution in [-0.4, -0.2) is 25.1 Å². The SMILES string of the molecule is O=C(c1ccc(Br)cc1)c1ccc(OCC2CCCO2)cc1F. The number of ether oxygens (including phenoxy) is 2. The highest BCUT2D eigenvalue weighted by molar-refractivity contribution is 9.10. The predicted octanol–water partition coefficient (Wildman–Crippen LogP) is 4.38. The summed E-state index contributed by atoms with van der Waals surface area (Å²) in [6.07, 6.45) is 2.06. The van der Waals surface area contributed by atoms with Gasteiger partial charge >= 0.3 is 0 Å². The molecule has 1 fully saturated rings. The summed E-state index contributed by atoms with van der Waals surface area (Å²) >= 11 is 3.31. The number of ketones is 1. The maximum atomic E-state index is 14.2. The molecule has 1 unspecified atom stereocenters. The van der Waals surface area contributed by atoms with E-state index in [2.05, 4.69) is 15.9 Å². The van der Waals surface area contributed by atoms with E-state index in [0.717, 1.165) is 23.9 Å². The Hall–Kier alpha value is -1.72. The van der Waals surface area contributed by atoms with Crippen LogP contribution in [0.25, 0.3) is 0 Å². The Morgan fingerprint density at radius 2 is 2.04 bits per heavy atom. The van der Waals surface area contributed by atoms with Crippen LogP contribution in [0.5, 0.6) is 5.75 Å². The van der Waals surface area contributed by atoms with Crippen LogP contribution in [0, 0.1) is 5.82 Å². The van der Waals surface area contributed by atoms with Gasteiger partial charge in [-0.2, -0.15) is 0 Å². The van der Waals surface area contributed by atoms with E-state index in [-0.39, 0.29) is 17.5 Å². The second-order valence-corrected chi connectivity index (χ2v) is 6.34. The second kappa shape index (κ2) is 7.23. The van der Waals surface area contributed by atoms with Gasteiger partial charge in [0.2, 0.25) is 0 Å². The van der Waals surface area contributed by atoms with E-state index in [1.165, 1.54) is 12.1 Å². The Kier molecular flexibility index (Phi) is 5.08. The summed E-state index contributed by atoms with van der Waals surface area (Å²) in [5, 5.41) is 0. The molecular weight excluding hydrogens is 363 g/mol. The number of rotatable bonds is 5. The molecule has 23 heavy (non-hydrogen) atoms. The van der Waals surface area contributed by atoms with Gasteiger partial charge in [0.25, 0.3) is 0 Å². The van der Waals surface area contributed by atoms with Crippen molar-refractivity contribution in [1.82, 2.24) is 0 Å². The Morgan fingerprint density at radius 1 is 1.26 bits per heavy atom. The van der Waals surface area contributed by atoms with Gasteiger partial charge in [0.1, 0.15) is 18.2 Å². The monoisotopic (exact) mass is 378 g/mol. The van der Waals surface area contributed by atoms with Gasteiger partial charge < -0.3 is 9.47 Å². The van der Waals surface area contributed by atoms with Crippen LogP contribution >= 0.6 is 15.9 Å². The topological polar surface area (TPSA) is 35.5 Å². The van der Waals surface area contributed by atoms with Crippen molar-refractivity contribution in [3.8, 4) is 5.75 Å². The van der Waals surface area contributed by atoms with Gasteiger partial charge in [-0.15, -0.1) is 0 Å². The number of hydrogen-bond acceptors (Lipinski definition) is 3. The van der Waals surface area contributed by atoms with Crippen molar-refractivity contribution in [2.75, 3.05) is 13.2 Å². The summed E-state index contributed by atoms with van der Waals surface area (Å²) in [6.45, 7) is 1.16. The van der Waals surface area contributed by atoms with Gasteiger partial charge in [0.05, 0.1) is 11.7 Å². The maximum absolute atomic E-state index is 14.2. The maximum Gasteiger partial charge on any atom is 0.195 e. The molecular formula is C18H16BrFO3. The lowest BCUT2D eigenvalue weighted by Gasteiger charge is -2.12. The lowest BCUT2D eigenvalue weighted by molar-refractivity contribution is 0.0678. The largest absolute Gasteiger partial charge is 0.491 e. The molecule has 0 aromatic heterocycles. The molecule has 120 valence electrons. The van der Waals surface area contributed by atoms with Crippen molar-refractivity contribution in [2.45, 2.75) is 18.9 Å². The quantitative estimate of drug-likeness (QED) is 0.724. The second-order valence-electron chi connectivity index (χ2n) is 5.42. The third-order valence-electron chi connectivity index (χ3n) is 3.75. The molecule has 0 spiro atoms. The van der Waals surface area contributed by atoms with E-state index in [9.17, 15) is 9.18 Å². The third kappa shape index (κ3) is 3.98. The van der Waals surface area contributed by atoms with Crippen LogP contribution in [0.1, 0.15) is 28.8 Å². The molecule has 0 saturated carbocycles. The fraction of sp³-hybridized carbons (Fsp3) is 0.278. The minimum absolute atomic E-state index is 0.0387. The number of carbonyl (C=O) groups excluding carboxylic acids is 1. The minimum Gasteiger partial charge on any atom is -0.491 e. The van der Waals surface area contributed by atoms with Gasteiger partial charge in [-0.25, -0.2) is 4.39 Å². The number of benzene rings is 2. The molecule has 1 aliphatic rings. The van der Waals surface area contributed by atoms with Crippen LogP contribution in [0.4, 0.5) is 4.39 Å². The standard InChI is InChI=1S/C18H16BrFO3/c19-13-5-3-12(4-6-13)18(21)16-8-7-14(10-17(16)20)23-11-15-2-1-9-22-15/h3-8,10,15H,1-2,9,11H2. The smallest absolute Gasteiger partial charge is 0.195 e. The van der Waals surface area contributed by atoms with Crippen LogP contribution < -0.4 is 4.74 Å². The Bertz CT molecular complexity index is 694. The summed E-state index contributed by atoms with van der Waals surface area (Å²) in [7, 11) is 0. The Labute approximate surface area is 142 Å². The van der Waals surface area contributed by atoms with Crippen molar-refractivity contribution < 1.29 is 18.7 Å². The molecule has 1 saturated heterocycles. The first-order valence-electron chi connectivity index (χ1n) is 7.48. The molecule has 1 heterocycles. The van der Waals surface area contributed by atoms with Crippen LogP contribution in [0.15, 0.2) is 46.9 Å². The summed E-state index contributed by atoms with van der Waals surface area (Å²) in [4.78, 5) is 12.3. The number of halogens is 2. The van der Waals surface area contributed by atoms with E-state index < -0.39 is 5.82 Å². The molecule has 0 amide bonds. The van der Waals surface area contributed by atoms with Gasteiger partial charge in [0, 0.05) is 22.7 Å². The van der Waals surface area contributed by atoms with E-state index in [4.69, 9.17) is 9.47 Å². The zero-order valence-corrected chi connectivity index (χ0v) is 14.0. The minimum atomic E-state index is -0.581. The highest BCUT2D eigenvalue weighted by Gasteiger charge is 2.18. The summed E-state index contributed by atoms with van der Waals surface area (Å²) in [5.74, 6) is -0.520. The zero-order valence-electron chi connectivity index (χ0n) is 12.4. The van der Waals surface area contributed by atoms with Crippen molar-refractivity contribution >= 4 is 21.7 Å². The fourth-order valence-corrected chi connectivity index (χ4v) is 2.76. The number of carbonyl (C=O) groups is 1. The average Bonchev–Trinajstić information content (AvgIpc) is 3.06. The summed E-state index contributed by atoms with van der Waals surface area (Å²) in [6, 6.07) is 11.2. The van der Waals surface area contributed by atoms with Crippen molar-refractivity contribution in [3.63, 3.8) is 0 Å². The molecule has 3 rings (SSSR count). The first-order chi connectivity index (χ1) is 11.1. The molecule has 1 aliphatic heterocycles. The molecule has 0 N–H and O–H groups in total. The van der Waals surface area contributed by atoms with Crippen molar-refractivity contribution in [2.24, 2.45) is 0 Å². The van der Waals surface area contributed by atoms with E-state index >= 15 is 0 Å². The van der Waals surface area contributed by atoms with E-state index in [1.54, 1.807) is 30.3 Å². The highest BCUT2D eigenvalue weighted by atomic mass is 79.9. The average molecular weight is 379 g/mol. The first-order valence-corrected chi connectivity index (χ1v) is 8.27. The molecule has 0 bridgehead atoms. The Balaban J connectivity index is 1.70. The first kappa shape index (κ1) is 16.1. The lowest BCUT2D eigenvalue weighted by Crippen LogP contribution is -2.16. The lowest BCUT2D eigenvalue weighted by atomic mass is 10.0. The molecule has 1 atom stereocenters. The highest BCUT2D eigenvalue weighted by Crippen LogP contribution is 2.22. The van der Waals surface area contributed by atoms with E-state index in [1.807, 2.05) is 0 Å². The Morgan fingerprint density at radius 3 is 2.70 bits per heavy atom. The molecule has 3 nitrogen and oxygen atoms in total. The fourth-order valence-electron chi connectivity index (χ4n) is 2.49. The molecule has 5 heteroatoms. The van der Waals surface area contributed by atoms with Gasteiger partial charge in [-0.3, -0.25) is 4.79 Å². The van der Waals surface area contributed by atoms with Gasteiger partial charge in [0.15, 0.2) is 5.78 Å². The summed E-state index contributed by atoms with van der Waals surface area (Å²) in [5.41, 5.74) is 0.483. The molecule has 2 aromatic carbocycles. The van der Waals surface area contributed by atoms with Crippen molar-refractivity contribution in [3.05, 3.63) is 63.9 Å². The predicted molar refractivity (Wildman–Crippen MR) is 88.4 cm³/mol. The van der Waals surface area contributed by atoms with Crippen LogP contribution in [-0.2, 0) is 4.74 Å². The molecule has 2 aromatic rings. The van der Waals surface area contributed by atoms with Crippen LogP contribution in [0.3, 0.4) is 0 Å². The molecule has 0 aliphatic carbocycles. The van der Waals surface area contributed by atoms with Crippen LogP contribution in [0.2, 0.25) is 0 Å². The molecule has 0 radical (unpaired) electrons. The summed E-state index contributed by atoms with van der Waals surface area (Å²) < 4.78 is 26.1. The van der Waals surface area contributed by atoms with Gasteiger partial charge in [-0.1, -0.05) is 15.9 Å². The normalized spacial score (nSPS) is 17.2. The zero-order chi connectivity index (χ0) is 16.2. The van der Waals surface area contributed by atoms with Gasteiger partial charge in [-0.05, 0) is 49.2 Å². The third-order valence-corrected chi connectivity index (χ3v) is 4.28. The number of hydrogen-bond donors (Lipinski definition) is 0. The van der Waals surface area contributed by atoms with E-state index in [0.29, 0.717) is 17.9 Å².